The van der Waals surface area contributed by atoms with Crippen molar-refractivity contribution in [2.45, 2.75) is 6.54 Å². The summed E-state index contributed by atoms with van der Waals surface area (Å²) < 4.78 is 4.51. The smallest absolute Gasteiger partial charge is 0.282 e. The molecule has 0 aliphatic carbocycles. The van der Waals surface area contributed by atoms with Crippen molar-refractivity contribution in [1.29, 1.82) is 0 Å². The van der Waals surface area contributed by atoms with E-state index in [4.69, 9.17) is 0 Å². The second-order valence-corrected chi connectivity index (χ2v) is 7.32. The molecule has 0 radical (unpaired) electrons. The number of benzene rings is 2. The van der Waals surface area contributed by atoms with Crippen molar-refractivity contribution in [1.82, 2.24) is 19.2 Å². The van der Waals surface area contributed by atoms with Crippen molar-refractivity contribution in [3.05, 3.63) is 75.0 Å². The Morgan fingerprint density at radius 1 is 1.15 bits per heavy atom. The van der Waals surface area contributed by atoms with Gasteiger partial charge < -0.3 is 4.90 Å². The van der Waals surface area contributed by atoms with Gasteiger partial charge in [-0.15, -0.1) is 5.10 Å². The third-order valence-electron chi connectivity index (χ3n) is 4.26. The maximum Gasteiger partial charge on any atom is 0.282 e. The summed E-state index contributed by atoms with van der Waals surface area (Å²) in [6.07, 6.45) is 4.05. The first kappa shape index (κ1) is 17.5. The minimum Gasteiger partial charge on any atom is -0.347 e. The van der Waals surface area contributed by atoms with Crippen LogP contribution in [-0.4, -0.2) is 33.3 Å². The molecule has 0 saturated heterocycles. The number of aromatic nitrogens is 4. The lowest BCUT2D eigenvalue weighted by atomic mass is 10.2. The number of rotatable bonds is 4. The largest absolute Gasteiger partial charge is 0.347 e. The average Bonchev–Trinajstić information content (AvgIpc) is 3.02. The summed E-state index contributed by atoms with van der Waals surface area (Å²) in [6, 6.07) is 15.7. The number of hydrogen-bond donors (Lipinski definition) is 0. The van der Waals surface area contributed by atoms with Gasteiger partial charge in [-0.25, -0.2) is 9.08 Å². The summed E-state index contributed by atoms with van der Waals surface area (Å²) in [6.45, 7) is 0.515. The zero-order chi connectivity index (χ0) is 19.0. The first-order valence-electron chi connectivity index (χ1n) is 8.52. The highest BCUT2D eigenvalue weighted by Gasteiger charge is 2.16. The maximum absolute atomic E-state index is 12.6. The van der Waals surface area contributed by atoms with Crippen LogP contribution in [0.2, 0.25) is 0 Å². The molecule has 0 bridgehead atoms. The lowest BCUT2D eigenvalue weighted by Gasteiger charge is -2.10. The molecule has 2 aromatic carbocycles. The summed E-state index contributed by atoms with van der Waals surface area (Å²) in [5.41, 5.74) is 1.64. The summed E-state index contributed by atoms with van der Waals surface area (Å²) in [5.74, 6) is 1.24. The fraction of sp³-hybridized carbons (Fsp3) is 0.150. The lowest BCUT2D eigenvalue weighted by Crippen LogP contribution is -2.15. The van der Waals surface area contributed by atoms with E-state index in [9.17, 15) is 4.79 Å². The Labute approximate surface area is 164 Å². The van der Waals surface area contributed by atoms with E-state index in [0.29, 0.717) is 17.7 Å². The van der Waals surface area contributed by atoms with Gasteiger partial charge in [0.05, 0.1) is 17.4 Å². The van der Waals surface area contributed by atoms with Gasteiger partial charge in [-0.05, 0) is 23.8 Å². The summed E-state index contributed by atoms with van der Waals surface area (Å²) in [4.78, 5) is 18.8. The number of hydrogen-bond acceptors (Lipinski definition) is 4. The number of allylic oxidation sites excluding steroid dienone is 1. The van der Waals surface area contributed by atoms with Crippen LogP contribution in [0.5, 0.6) is 0 Å². The zero-order valence-electron chi connectivity index (χ0n) is 15.0. The van der Waals surface area contributed by atoms with Gasteiger partial charge in [-0.1, -0.05) is 58.4 Å². The average molecular weight is 424 g/mol. The first-order valence-corrected chi connectivity index (χ1v) is 9.31. The quantitative estimate of drug-likeness (QED) is 0.503. The molecule has 0 fully saturated rings. The molecule has 6 nitrogen and oxygen atoms in total. The monoisotopic (exact) mass is 423 g/mol. The molecule has 136 valence electrons. The van der Waals surface area contributed by atoms with Gasteiger partial charge >= 0.3 is 0 Å². The standard InChI is InChI=1S/C20H18BrN5O/c1-24(2)20-23-25(12-6-9-14-7-4-3-5-8-14)19-22-18(27)16-13-15(21)10-11-17(16)26(19)20/h3-11,13H,12H2,1-2H3. The van der Waals surface area contributed by atoms with E-state index < -0.39 is 0 Å². The molecule has 0 atom stereocenters. The molecule has 4 rings (SSSR count). The predicted molar refractivity (Wildman–Crippen MR) is 112 cm³/mol. The van der Waals surface area contributed by atoms with Crippen molar-refractivity contribution in [2.24, 2.45) is 0 Å². The SMILES string of the molecule is CN(C)c1nn(CC=Cc2ccccc2)c2nc(=O)c3cc(Br)ccc3n12. The Bertz CT molecular complexity index is 1210. The number of halogens is 1. The van der Waals surface area contributed by atoms with Gasteiger partial charge in [-0.3, -0.25) is 4.79 Å². The molecule has 0 amide bonds. The summed E-state index contributed by atoms with van der Waals surface area (Å²) in [5, 5.41) is 5.23. The predicted octanol–water partition coefficient (Wildman–Crippen LogP) is 3.59. The van der Waals surface area contributed by atoms with E-state index in [1.165, 1.54) is 0 Å². The van der Waals surface area contributed by atoms with Crippen molar-refractivity contribution in [3.63, 3.8) is 0 Å². The molecule has 2 aromatic heterocycles. The van der Waals surface area contributed by atoms with Crippen LogP contribution < -0.4 is 10.5 Å². The second-order valence-electron chi connectivity index (χ2n) is 6.40. The van der Waals surface area contributed by atoms with Gasteiger partial charge in [0.1, 0.15) is 0 Å². The molecule has 0 saturated carbocycles. The Morgan fingerprint density at radius 2 is 1.93 bits per heavy atom. The van der Waals surface area contributed by atoms with Gasteiger partial charge in [0.2, 0.25) is 11.7 Å². The fourth-order valence-corrected chi connectivity index (χ4v) is 3.38. The van der Waals surface area contributed by atoms with E-state index in [0.717, 1.165) is 21.5 Å². The fourth-order valence-electron chi connectivity index (χ4n) is 3.02. The van der Waals surface area contributed by atoms with Crippen LogP contribution in [0.15, 0.2) is 63.9 Å². The zero-order valence-corrected chi connectivity index (χ0v) is 16.6. The molecule has 7 heteroatoms. The van der Waals surface area contributed by atoms with Crippen molar-refractivity contribution in [3.8, 4) is 0 Å². The van der Waals surface area contributed by atoms with Crippen molar-refractivity contribution in [2.75, 3.05) is 19.0 Å². The van der Waals surface area contributed by atoms with Gasteiger partial charge in [-0.2, -0.15) is 4.98 Å². The summed E-state index contributed by atoms with van der Waals surface area (Å²) >= 11 is 3.42. The minimum absolute atomic E-state index is 0.259. The van der Waals surface area contributed by atoms with E-state index in [1.807, 2.05) is 78.0 Å². The molecule has 27 heavy (non-hydrogen) atoms. The highest BCUT2D eigenvalue weighted by Crippen LogP contribution is 2.22. The van der Waals surface area contributed by atoms with Crippen LogP contribution in [0.25, 0.3) is 22.8 Å². The Morgan fingerprint density at radius 3 is 2.67 bits per heavy atom. The molecular weight excluding hydrogens is 406 g/mol. The Balaban J connectivity index is 1.87. The van der Waals surface area contributed by atoms with Gasteiger partial charge in [0.25, 0.3) is 5.56 Å². The molecule has 0 N–H and O–H groups in total. The molecule has 0 unspecified atom stereocenters. The summed E-state index contributed by atoms with van der Waals surface area (Å²) in [7, 11) is 3.85. The first-order chi connectivity index (χ1) is 13.0. The molecule has 0 aliphatic rings. The molecule has 0 spiro atoms. The van der Waals surface area contributed by atoms with Crippen molar-refractivity contribution >= 4 is 44.6 Å². The van der Waals surface area contributed by atoms with Crippen LogP contribution in [0, 0.1) is 0 Å². The molecule has 4 aromatic rings. The molecule has 0 aliphatic heterocycles. The van der Waals surface area contributed by atoms with Crippen LogP contribution >= 0.6 is 15.9 Å². The Hall–Kier alpha value is -2.93. The van der Waals surface area contributed by atoms with E-state index in [2.05, 4.69) is 26.0 Å². The van der Waals surface area contributed by atoms with Gasteiger partial charge in [0, 0.05) is 18.6 Å². The maximum atomic E-state index is 12.6. The highest BCUT2D eigenvalue weighted by atomic mass is 79.9. The van der Waals surface area contributed by atoms with E-state index >= 15 is 0 Å². The number of fused-ring (bicyclic) bond motifs is 3. The Kier molecular flexibility index (Phi) is 4.53. The number of nitrogens with zero attached hydrogens (tertiary/aromatic N) is 5. The van der Waals surface area contributed by atoms with Gasteiger partial charge in [0.15, 0.2) is 0 Å². The molecule has 2 heterocycles. The second kappa shape index (κ2) is 7.00. The van der Waals surface area contributed by atoms with Crippen LogP contribution in [0.4, 0.5) is 5.95 Å². The van der Waals surface area contributed by atoms with E-state index in [-0.39, 0.29) is 5.56 Å². The van der Waals surface area contributed by atoms with Crippen molar-refractivity contribution < 1.29 is 0 Å². The normalized spacial score (nSPS) is 11.7. The minimum atomic E-state index is -0.259. The third kappa shape index (κ3) is 3.26. The topological polar surface area (TPSA) is 55.4 Å². The van der Waals surface area contributed by atoms with E-state index in [1.54, 1.807) is 10.7 Å². The lowest BCUT2D eigenvalue weighted by molar-refractivity contribution is 0.716. The van der Waals surface area contributed by atoms with Crippen LogP contribution in [-0.2, 0) is 6.54 Å². The highest BCUT2D eigenvalue weighted by molar-refractivity contribution is 9.10. The van der Waals surface area contributed by atoms with Crippen LogP contribution in [0.1, 0.15) is 5.56 Å². The molecular formula is C20H18BrN5O. The van der Waals surface area contributed by atoms with Crippen LogP contribution in [0.3, 0.4) is 0 Å². The third-order valence-corrected chi connectivity index (χ3v) is 4.75. The number of anilines is 1.